The van der Waals surface area contributed by atoms with Crippen molar-refractivity contribution in [2.45, 2.75) is 45.3 Å². The lowest BCUT2D eigenvalue weighted by atomic mass is 9.95. The molecule has 4 nitrogen and oxygen atoms in total. The highest BCUT2D eigenvalue weighted by Gasteiger charge is 2.37. The molecule has 0 saturated carbocycles. The average molecular weight is 221 g/mol. The zero-order chi connectivity index (χ0) is 11.6. The number of nitrogens with one attached hydrogen (secondary N) is 1. The molecule has 1 aromatic rings. The highest BCUT2D eigenvalue weighted by molar-refractivity contribution is 5.39. The largest absolute Gasteiger partial charge is 0.376 e. The van der Waals surface area contributed by atoms with Crippen LogP contribution in [0.4, 0.5) is 5.82 Å². The Labute approximate surface area is 96.4 Å². The number of hydrogen-bond acceptors (Lipinski definition) is 4. The fourth-order valence-corrected chi connectivity index (χ4v) is 1.95. The van der Waals surface area contributed by atoms with Crippen LogP contribution in [0.5, 0.6) is 0 Å². The molecule has 0 radical (unpaired) electrons. The number of nitrogens with zero attached hydrogens (tertiary/aromatic N) is 2. The van der Waals surface area contributed by atoms with Gasteiger partial charge < -0.3 is 10.1 Å². The lowest BCUT2D eigenvalue weighted by Gasteiger charge is -2.29. The second kappa shape index (κ2) is 4.37. The van der Waals surface area contributed by atoms with Gasteiger partial charge in [-0.3, -0.25) is 0 Å². The molecule has 4 heteroatoms. The molecule has 1 N–H and O–H groups in total. The quantitative estimate of drug-likeness (QED) is 0.848. The second-order valence-corrected chi connectivity index (χ2v) is 4.55. The van der Waals surface area contributed by atoms with Gasteiger partial charge in [-0.05, 0) is 26.7 Å². The van der Waals surface area contributed by atoms with Crippen LogP contribution in [0.25, 0.3) is 0 Å². The smallest absolute Gasteiger partial charge is 0.130 e. The summed E-state index contributed by atoms with van der Waals surface area (Å²) >= 11 is 0. The van der Waals surface area contributed by atoms with E-state index in [1.165, 1.54) is 0 Å². The fraction of sp³-hybridized carbons (Fsp3) is 0.667. The summed E-state index contributed by atoms with van der Waals surface area (Å²) in [5.41, 5.74) is 1.05. The lowest BCUT2D eigenvalue weighted by molar-refractivity contribution is 0.105. The standard InChI is InChI=1S/C12H19N3O/c1-4-10-7-11(14-8-13-10)15-12(3)5-6-16-9(12)2/h7-9H,4-6H2,1-3H3,(H,13,14,15). The molecule has 1 fully saturated rings. The van der Waals surface area contributed by atoms with Crippen molar-refractivity contribution in [3.8, 4) is 0 Å². The fourth-order valence-electron chi connectivity index (χ4n) is 1.95. The van der Waals surface area contributed by atoms with Crippen molar-refractivity contribution in [3.05, 3.63) is 18.1 Å². The minimum Gasteiger partial charge on any atom is -0.376 e. The predicted octanol–water partition coefficient (Wildman–Crippen LogP) is 2.02. The molecular weight excluding hydrogens is 202 g/mol. The molecule has 2 rings (SSSR count). The van der Waals surface area contributed by atoms with Gasteiger partial charge in [0, 0.05) is 18.4 Å². The third kappa shape index (κ3) is 2.16. The van der Waals surface area contributed by atoms with Crippen molar-refractivity contribution in [2.75, 3.05) is 11.9 Å². The molecule has 88 valence electrons. The molecule has 1 aliphatic heterocycles. The Kier molecular flexibility index (Phi) is 3.10. The van der Waals surface area contributed by atoms with Crippen LogP contribution >= 0.6 is 0 Å². The van der Waals surface area contributed by atoms with Gasteiger partial charge in [0.1, 0.15) is 12.1 Å². The molecule has 16 heavy (non-hydrogen) atoms. The van der Waals surface area contributed by atoms with E-state index in [-0.39, 0.29) is 11.6 Å². The summed E-state index contributed by atoms with van der Waals surface area (Å²) in [5, 5.41) is 3.47. The summed E-state index contributed by atoms with van der Waals surface area (Å²) in [7, 11) is 0. The van der Waals surface area contributed by atoms with Crippen LogP contribution in [0.2, 0.25) is 0 Å². The Morgan fingerprint density at radius 3 is 3.00 bits per heavy atom. The van der Waals surface area contributed by atoms with Gasteiger partial charge in [-0.15, -0.1) is 0 Å². The first kappa shape index (κ1) is 11.3. The number of aryl methyl sites for hydroxylation is 1. The molecule has 0 spiro atoms. The van der Waals surface area contributed by atoms with Crippen LogP contribution in [-0.4, -0.2) is 28.2 Å². The molecule has 1 aromatic heterocycles. The lowest BCUT2D eigenvalue weighted by Crippen LogP contribution is -2.41. The third-order valence-electron chi connectivity index (χ3n) is 3.39. The van der Waals surface area contributed by atoms with Crippen molar-refractivity contribution < 1.29 is 4.74 Å². The molecule has 0 aromatic carbocycles. The Hall–Kier alpha value is -1.16. The van der Waals surface area contributed by atoms with E-state index in [9.17, 15) is 0 Å². The highest BCUT2D eigenvalue weighted by Crippen LogP contribution is 2.28. The van der Waals surface area contributed by atoms with Gasteiger partial charge in [0.15, 0.2) is 0 Å². The SMILES string of the molecule is CCc1cc(NC2(C)CCOC2C)ncn1. The monoisotopic (exact) mass is 221 g/mol. The van der Waals surface area contributed by atoms with E-state index in [0.29, 0.717) is 0 Å². The van der Waals surface area contributed by atoms with Gasteiger partial charge in [-0.1, -0.05) is 6.92 Å². The minimum absolute atomic E-state index is 0.0145. The molecule has 0 amide bonds. The Bertz CT molecular complexity index is 369. The van der Waals surface area contributed by atoms with E-state index < -0.39 is 0 Å². The molecule has 2 unspecified atom stereocenters. The first-order valence-corrected chi connectivity index (χ1v) is 5.85. The van der Waals surface area contributed by atoms with Crippen LogP contribution in [0.15, 0.2) is 12.4 Å². The van der Waals surface area contributed by atoms with Crippen molar-refractivity contribution in [1.29, 1.82) is 0 Å². The summed E-state index contributed by atoms with van der Waals surface area (Å²) in [6.45, 7) is 7.19. The van der Waals surface area contributed by atoms with Crippen molar-refractivity contribution in [3.63, 3.8) is 0 Å². The first-order chi connectivity index (χ1) is 7.64. The molecule has 2 atom stereocenters. The summed E-state index contributed by atoms with van der Waals surface area (Å²) in [5.74, 6) is 0.895. The third-order valence-corrected chi connectivity index (χ3v) is 3.39. The van der Waals surface area contributed by atoms with Crippen LogP contribution in [0, 0.1) is 0 Å². The maximum Gasteiger partial charge on any atom is 0.130 e. The maximum absolute atomic E-state index is 5.59. The summed E-state index contributed by atoms with van der Waals surface area (Å²) in [4.78, 5) is 8.44. The number of ether oxygens (including phenoxy) is 1. The van der Waals surface area contributed by atoms with Gasteiger partial charge in [-0.25, -0.2) is 9.97 Å². The zero-order valence-electron chi connectivity index (χ0n) is 10.2. The van der Waals surface area contributed by atoms with E-state index in [4.69, 9.17) is 4.74 Å². The number of anilines is 1. The van der Waals surface area contributed by atoms with E-state index >= 15 is 0 Å². The van der Waals surface area contributed by atoms with E-state index in [2.05, 4.69) is 36.1 Å². The summed E-state index contributed by atoms with van der Waals surface area (Å²) in [6, 6.07) is 2.01. The molecule has 1 aliphatic rings. The summed E-state index contributed by atoms with van der Waals surface area (Å²) < 4.78 is 5.59. The van der Waals surface area contributed by atoms with Crippen molar-refractivity contribution in [2.24, 2.45) is 0 Å². The minimum atomic E-state index is -0.0145. The predicted molar refractivity (Wildman–Crippen MR) is 63.5 cm³/mol. The van der Waals surface area contributed by atoms with E-state index in [1.807, 2.05) is 6.07 Å². The van der Waals surface area contributed by atoms with Gasteiger partial charge in [0.2, 0.25) is 0 Å². The Balaban J connectivity index is 2.13. The number of rotatable bonds is 3. The Morgan fingerprint density at radius 2 is 2.38 bits per heavy atom. The van der Waals surface area contributed by atoms with E-state index in [1.54, 1.807) is 6.33 Å². The van der Waals surface area contributed by atoms with Gasteiger partial charge >= 0.3 is 0 Å². The van der Waals surface area contributed by atoms with Crippen LogP contribution in [-0.2, 0) is 11.2 Å². The average Bonchev–Trinajstić information content (AvgIpc) is 2.59. The number of aromatic nitrogens is 2. The van der Waals surface area contributed by atoms with Gasteiger partial charge in [-0.2, -0.15) is 0 Å². The zero-order valence-corrected chi connectivity index (χ0v) is 10.2. The molecular formula is C12H19N3O. The molecule has 2 heterocycles. The summed E-state index contributed by atoms with van der Waals surface area (Å²) in [6.07, 6.45) is 3.78. The van der Waals surface area contributed by atoms with Gasteiger partial charge in [0.25, 0.3) is 0 Å². The van der Waals surface area contributed by atoms with Crippen LogP contribution < -0.4 is 5.32 Å². The van der Waals surface area contributed by atoms with Crippen LogP contribution in [0.1, 0.15) is 32.9 Å². The maximum atomic E-state index is 5.59. The van der Waals surface area contributed by atoms with E-state index in [0.717, 1.165) is 31.0 Å². The second-order valence-electron chi connectivity index (χ2n) is 4.55. The molecule has 1 saturated heterocycles. The Morgan fingerprint density at radius 1 is 1.56 bits per heavy atom. The van der Waals surface area contributed by atoms with Crippen LogP contribution in [0.3, 0.4) is 0 Å². The normalized spacial score (nSPS) is 29.3. The van der Waals surface area contributed by atoms with Gasteiger partial charge in [0.05, 0.1) is 11.6 Å². The molecule has 0 aliphatic carbocycles. The number of hydrogen-bond donors (Lipinski definition) is 1. The first-order valence-electron chi connectivity index (χ1n) is 5.85. The highest BCUT2D eigenvalue weighted by atomic mass is 16.5. The van der Waals surface area contributed by atoms with Crippen molar-refractivity contribution in [1.82, 2.24) is 9.97 Å². The molecule has 0 bridgehead atoms. The topological polar surface area (TPSA) is 47.0 Å². The van der Waals surface area contributed by atoms with Crippen molar-refractivity contribution >= 4 is 5.82 Å².